The van der Waals surface area contributed by atoms with Gasteiger partial charge in [0.05, 0.1) is 19.0 Å². The second-order valence-corrected chi connectivity index (χ2v) is 4.32. The van der Waals surface area contributed by atoms with Crippen molar-refractivity contribution in [2.24, 2.45) is 7.05 Å². The third kappa shape index (κ3) is 3.25. The SMILES string of the molecule is COC(=O)c1ccc(N)c(NCCc2cnn(C)c2)n1. The van der Waals surface area contributed by atoms with Crippen molar-refractivity contribution in [2.45, 2.75) is 6.42 Å². The predicted octanol–water partition coefficient (Wildman–Crippen LogP) is 0.838. The number of hydrogen-bond donors (Lipinski definition) is 2. The minimum atomic E-state index is -0.486. The summed E-state index contributed by atoms with van der Waals surface area (Å²) in [6.45, 7) is 0.646. The van der Waals surface area contributed by atoms with E-state index in [-0.39, 0.29) is 5.69 Å². The molecule has 0 radical (unpaired) electrons. The van der Waals surface area contributed by atoms with E-state index in [0.717, 1.165) is 12.0 Å². The van der Waals surface area contributed by atoms with Crippen LogP contribution in [-0.2, 0) is 18.2 Å². The first-order valence-corrected chi connectivity index (χ1v) is 6.16. The van der Waals surface area contributed by atoms with E-state index in [1.807, 2.05) is 19.4 Å². The third-order valence-corrected chi connectivity index (χ3v) is 2.79. The molecular weight excluding hydrogens is 258 g/mol. The monoisotopic (exact) mass is 275 g/mol. The maximum atomic E-state index is 11.4. The zero-order valence-electron chi connectivity index (χ0n) is 11.5. The molecule has 0 atom stereocenters. The summed E-state index contributed by atoms with van der Waals surface area (Å²) < 4.78 is 6.38. The van der Waals surface area contributed by atoms with Crippen LogP contribution in [0.5, 0.6) is 0 Å². The molecule has 0 aliphatic heterocycles. The highest BCUT2D eigenvalue weighted by Gasteiger charge is 2.10. The first kappa shape index (κ1) is 13.9. The highest BCUT2D eigenvalue weighted by atomic mass is 16.5. The standard InChI is InChI=1S/C13H17N5O2/c1-18-8-9(7-16-18)5-6-15-12-10(14)3-4-11(17-12)13(19)20-2/h3-4,7-8H,5-6,14H2,1-2H3,(H,15,17). The second-order valence-electron chi connectivity index (χ2n) is 4.32. The molecule has 0 amide bonds. The fourth-order valence-electron chi connectivity index (χ4n) is 1.76. The smallest absolute Gasteiger partial charge is 0.356 e. The molecule has 0 unspecified atom stereocenters. The van der Waals surface area contributed by atoms with Crippen LogP contribution in [0.25, 0.3) is 0 Å². The third-order valence-electron chi connectivity index (χ3n) is 2.79. The molecule has 0 aliphatic carbocycles. The van der Waals surface area contributed by atoms with Crippen molar-refractivity contribution in [1.82, 2.24) is 14.8 Å². The van der Waals surface area contributed by atoms with Crippen LogP contribution in [0.1, 0.15) is 16.1 Å². The fourth-order valence-corrected chi connectivity index (χ4v) is 1.76. The summed E-state index contributed by atoms with van der Waals surface area (Å²) in [5.74, 6) is -0.00269. The van der Waals surface area contributed by atoms with E-state index in [4.69, 9.17) is 5.73 Å². The number of aryl methyl sites for hydroxylation is 1. The number of aromatic nitrogens is 3. The van der Waals surface area contributed by atoms with E-state index in [1.165, 1.54) is 13.2 Å². The average Bonchev–Trinajstić information content (AvgIpc) is 2.85. The molecule has 3 N–H and O–H groups in total. The van der Waals surface area contributed by atoms with Crippen LogP contribution in [0.4, 0.5) is 11.5 Å². The van der Waals surface area contributed by atoms with E-state index in [1.54, 1.807) is 10.7 Å². The minimum absolute atomic E-state index is 0.227. The van der Waals surface area contributed by atoms with Crippen molar-refractivity contribution in [3.8, 4) is 0 Å². The molecule has 0 aromatic carbocycles. The maximum Gasteiger partial charge on any atom is 0.356 e. The molecule has 0 bridgehead atoms. The van der Waals surface area contributed by atoms with Gasteiger partial charge in [0.25, 0.3) is 0 Å². The van der Waals surface area contributed by atoms with Crippen LogP contribution in [0, 0.1) is 0 Å². The van der Waals surface area contributed by atoms with Crippen LogP contribution in [0.2, 0.25) is 0 Å². The topological polar surface area (TPSA) is 95.1 Å². The molecule has 2 heterocycles. The van der Waals surface area contributed by atoms with Gasteiger partial charge in [-0.25, -0.2) is 9.78 Å². The van der Waals surface area contributed by atoms with Crippen molar-refractivity contribution in [3.63, 3.8) is 0 Å². The van der Waals surface area contributed by atoms with Gasteiger partial charge in [0.15, 0.2) is 5.69 Å². The number of methoxy groups -OCH3 is 1. The first-order valence-electron chi connectivity index (χ1n) is 6.16. The van der Waals surface area contributed by atoms with Gasteiger partial charge in [-0.05, 0) is 24.1 Å². The van der Waals surface area contributed by atoms with Crippen LogP contribution >= 0.6 is 0 Å². The highest BCUT2D eigenvalue weighted by molar-refractivity contribution is 5.88. The first-order chi connectivity index (χ1) is 9.60. The lowest BCUT2D eigenvalue weighted by Crippen LogP contribution is -2.11. The summed E-state index contributed by atoms with van der Waals surface area (Å²) in [6.07, 6.45) is 4.55. The van der Waals surface area contributed by atoms with Gasteiger partial charge in [0.2, 0.25) is 0 Å². The largest absolute Gasteiger partial charge is 0.464 e. The van der Waals surface area contributed by atoms with E-state index < -0.39 is 5.97 Å². The molecule has 2 aromatic heterocycles. The van der Waals surface area contributed by atoms with Crippen molar-refractivity contribution in [2.75, 3.05) is 24.7 Å². The maximum absolute atomic E-state index is 11.4. The molecule has 106 valence electrons. The van der Waals surface area contributed by atoms with Crippen molar-refractivity contribution < 1.29 is 9.53 Å². The number of carbonyl (C=O) groups excluding carboxylic acids is 1. The fraction of sp³-hybridized carbons (Fsp3) is 0.308. The Bertz CT molecular complexity index is 609. The van der Waals surface area contributed by atoms with Crippen LogP contribution in [0.15, 0.2) is 24.5 Å². The van der Waals surface area contributed by atoms with Gasteiger partial charge in [-0.2, -0.15) is 5.10 Å². The van der Waals surface area contributed by atoms with Crippen molar-refractivity contribution >= 4 is 17.5 Å². The number of carbonyl (C=O) groups is 1. The normalized spacial score (nSPS) is 10.3. The van der Waals surface area contributed by atoms with Crippen LogP contribution in [0.3, 0.4) is 0 Å². The summed E-state index contributed by atoms with van der Waals surface area (Å²) in [5.41, 5.74) is 7.65. The summed E-state index contributed by atoms with van der Waals surface area (Å²) >= 11 is 0. The lowest BCUT2D eigenvalue weighted by molar-refractivity contribution is 0.0594. The molecule has 0 aliphatic rings. The Hall–Kier alpha value is -2.57. The molecule has 0 saturated carbocycles. The molecule has 7 heteroatoms. The summed E-state index contributed by atoms with van der Waals surface area (Å²) in [4.78, 5) is 15.6. The summed E-state index contributed by atoms with van der Waals surface area (Å²) in [7, 11) is 3.19. The van der Waals surface area contributed by atoms with Gasteiger partial charge in [-0.3, -0.25) is 4.68 Å². The van der Waals surface area contributed by atoms with Crippen molar-refractivity contribution in [1.29, 1.82) is 0 Å². The number of nitrogens with one attached hydrogen (secondary N) is 1. The summed E-state index contributed by atoms with van der Waals surface area (Å²) in [6, 6.07) is 3.17. The quantitative estimate of drug-likeness (QED) is 0.785. The number of hydrogen-bond acceptors (Lipinski definition) is 6. The molecule has 0 saturated heterocycles. The Morgan fingerprint density at radius 2 is 2.30 bits per heavy atom. The second kappa shape index (κ2) is 6.05. The predicted molar refractivity (Wildman–Crippen MR) is 75.4 cm³/mol. The van der Waals surface area contributed by atoms with Gasteiger partial charge >= 0.3 is 5.97 Å². The zero-order valence-corrected chi connectivity index (χ0v) is 11.5. The van der Waals surface area contributed by atoms with Gasteiger partial charge in [-0.15, -0.1) is 0 Å². The van der Waals surface area contributed by atoms with Crippen molar-refractivity contribution in [3.05, 3.63) is 35.8 Å². The number of nitrogen functional groups attached to an aromatic ring is 1. The van der Waals surface area contributed by atoms with Gasteiger partial charge in [0, 0.05) is 19.8 Å². The van der Waals surface area contributed by atoms with Gasteiger partial charge in [0.1, 0.15) is 5.82 Å². The van der Waals surface area contributed by atoms with E-state index in [0.29, 0.717) is 18.1 Å². The molecule has 2 rings (SSSR count). The Morgan fingerprint density at radius 3 is 2.95 bits per heavy atom. The lowest BCUT2D eigenvalue weighted by atomic mass is 10.2. The Balaban J connectivity index is 1.99. The Labute approximate surface area is 116 Å². The number of anilines is 2. The molecule has 2 aromatic rings. The van der Waals surface area contributed by atoms with Crippen LogP contribution in [-0.4, -0.2) is 34.4 Å². The number of nitrogens with two attached hydrogens (primary N) is 1. The Morgan fingerprint density at radius 1 is 1.50 bits per heavy atom. The zero-order chi connectivity index (χ0) is 14.5. The van der Waals surface area contributed by atoms with E-state index in [2.05, 4.69) is 20.1 Å². The minimum Gasteiger partial charge on any atom is -0.464 e. The van der Waals surface area contributed by atoms with E-state index in [9.17, 15) is 4.79 Å². The number of rotatable bonds is 5. The molecule has 20 heavy (non-hydrogen) atoms. The molecule has 0 fully saturated rings. The van der Waals surface area contributed by atoms with E-state index >= 15 is 0 Å². The number of ether oxygens (including phenoxy) is 1. The number of pyridine rings is 1. The Kier molecular flexibility index (Phi) is 4.19. The number of nitrogens with zero attached hydrogens (tertiary/aromatic N) is 3. The highest BCUT2D eigenvalue weighted by Crippen LogP contribution is 2.16. The van der Waals surface area contributed by atoms with Gasteiger partial charge in [-0.1, -0.05) is 0 Å². The van der Waals surface area contributed by atoms with Crippen LogP contribution < -0.4 is 11.1 Å². The van der Waals surface area contributed by atoms with Gasteiger partial charge < -0.3 is 15.8 Å². The number of esters is 1. The molecular formula is C13H17N5O2. The summed E-state index contributed by atoms with van der Waals surface area (Å²) in [5, 5.41) is 7.20. The average molecular weight is 275 g/mol. The molecule has 0 spiro atoms. The lowest BCUT2D eigenvalue weighted by Gasteiger charge is -2.09. The molecule has 7 nitrogen and oxygen atoms in total.